The largest absolute Gasteiger partial charge is 0.331 e. The molecule has 0 radical (unpaired) electrons. The van der Waals surface area contributed by atoms with Crippen LogP contribution in [0, 0.1) is 13.8 Å². The van der Waals surface area contributed by atoms with E-state index in [1.54, 1.807) is 11.0 Å². The Bertz CT molecular complexity index is 909. The van der Waals surface area contributed by atoms with Gasteiger partial charge in [0.15, 0.2) is 5.11 Å². The molecular weight excluding hydrogens is 344 g/mol. The minimum absolute atomic E-state index is 0.459. The van der Waals surface area contributed by atoms with Gasteiger partial charge in [0.1, 0.15) is 12.7 Å². The van der Waals surface area contributed by atoms with Crippen molar-refractivity contribution >= 4 is 28.7 Å². The van der Waals surface area contributed by atoms with Crippen molar-refractivity contribution in [1.82, 2.24) is 20.2 Å². The number of aryl methyl sites for hydroxylation is 2. The van der Waals surface area contributed by atoms with E-state index < -0.39 is 0 Å². The molecule has 6 nitrogen and oxygen atoms in total. The number of hydrogen-bond acceptors (Lipinski definition) is 4. The maximum atomic E-state index is 5.35. The first-order valence-corrected chi connectivity index (χ1v) is 8.58. The lowest BCUT2D eigenvalue weighted by Crippen LogP contribution is -2.25. The van der Waals surface area contributed by atoms with Gasteiger partial charge in [-0.2, -0.15) is 10.2 Å². The number of hydrogen-bond donors (Lipinski definition) is 2. The summed E-state index contributed by atoms with van der Waals surface area (Å²) in [5, 5.41) is 12.1. The average Bonchev–Trinajstić information content (AvgIpc) is 3.18. The van der Waals surface area contributed by atoms with Crippen molar-refractivity contribution in [3.05, 3.63) is 71.8 Å². The van der Waals surface area contributed by atoms with Gasteiger partial charge in [-0.1, -0.05) is 30.3 Å². The molecule has 0 spiro atoms. The average molecular weight is 364 g/mol. The summed E-state index contributed by atoms with van der Waals surface area (Å²) in [4.78, 5) is 3.95. The molecule has 2 N–H and O–H groups in total. The van der Waals surface area contributed by atoms with Crippen molar-refractivity contribution in [1.29, 1.82) is 0 Å². The highest BCUT2D eigenvalue weighted by Crippen LogP contribution is 2.19. The molecule has 0 aliphatic heterocycles. The number of thiocarbonyl (C=S) groups is 1. The number of nitrogens with one attached hydrogen (secondary N) is 2. The Kier molecular flexibility index (Phi) is 5.38. The first-order chi connectivity index (χ1) is 12.5. The van der Waals surface area contributed by atoms with Crippen LogP contribution >= 0.6 is 12.2 Å². The van der Waals surface area contributed by atoms with E-state index in [1.807, 2.05) is 63.2 Å². The summed E-state index contributed by atoms with van der Waals surface area (Å²) < 4.78 is 1.71. The van der Waals surface area contributed by atoms with Crippen LogP contribution in [-0.2, 0) is 0 Å². The van der Waals surface area contributed by atoms with E-state index in [4.69, 9.17) is 12.2 Å². The van der Waals surface area contributed by atoms with Crippen LogP contribution in [0.1, 0.15) is 23.6 Å². The highest BCUT2D eigenvalue weighted by Gasteiger charge is 2.04. The van der Waals surface area contributed by atoms with Gasteiger partial charge >= 0.3 is 0 Å². The van der Waals surface area contributed by atoms with Gasteiger partial charge in [0, 0.05) is 5.69 Å². The second kappa shape index (κ2) is 7.88. The molecule has 26 heavy (non-hydrogen) atoms. The quantitative estimate of drug-likeness (QED) is 0.421. The molecule has 0 unspecified atom stereocenters. The van der Waals surface area contributed by atoms with Gasteiger partial charge in [-0.25, -0.2) is 9.67 Å². The summed E-state index contributed by atoms with van der Waals surface area (Å²) in [5.74, 6) is 0. The van der Waals surface area contributed by atoms with E-state index in [0.717, 1.165) is 33.8 Å². The molecule has 0 aliphatic carbocycles. The zero-order valence-electron chi connectivity index (χ0n) is 14.9. The molecule has 0 saturated heterocycles. The molecule has 1 aromatic heterocycles. The topological polar surface area (TPSA) is 67.1 Å². The third kappa shape index (κ3) is 4.12. The zero-order valence-corrected chi connectivity index (χ0v) is 15.7. The number of rotatable bonds is 4. The zero-order chi connectivity index (χ0) is 18.5. The van der Waals surface area contributed by atoms with Gasteiger partial charge in [-0.15, -0.1) is 0 Å². The van der Waals surface area contributed by atoms with Gasteiger partial charge in [0.25, 0.3) is 0 Å². The van der Waals surface area contributed by atoms with Gasteiger partial charge < -0.3 is 5.32 Å². The van der Waals surface area contributed by atoms with Crippen LogP contribution in [0.2, 0.25) is 0 Å². The number of anilines is 1. The standard InChI is InChI=1S/C19H20N6S/c1-13-5-4-6-14(2)18(13)22-19(26)24-23-15(3)16-7-9-17(10-8-16)25-12-20-11-21-25/h4-12H,1-3H3,(H2,22,24,26)/b23-15+. The first kappa shape index (κ1) is 17.8. The summed E-state index contributed by atoms with van der Waals surface area (Å²) in [6.45, 7) is 6.02. The lowest BCUT2D eigenvalue weighted by Gasteiger charge is -2.13. The molecule has 3 rings (SSSR count). The Hall–Kier alpha value is -3.06. The lowest BCUT2D eigenvalue weighted by molar-refractivity contribution is 0.879. The molecule has 0 amide bonds. The molecule has 7 heteroatoms. The predicted octanol–water partition coefficient (Wildman–Crippen LogP) is 3.59. The molecule has 2 aromatic carbocycles. The van der Waals surface area contributed by atoms with Crippen molar-refractivity contribution in [2.75, 3.05) is 5.32 Å². The summed E-state index contributed by atoms with van der Waals surface area (Å²) in [5.41, 5.74) is 8.97. The van der Waals surface area contributed by atoms with E-state index in [1.165, 1.54) is 6.33 Å². The molecular formula is C19H20N6S. The fourth-order valence-corrected chi connectivity index (χ4v) is 2.70. The molecule has 0 aliphatic rings. The maximum Gasteiger partial charge on any atom is 0.191 e. The van der Waals surface area contributed by atoms with Gasteiger partial charge in [-0.05, 0) is 61.8 Å². The summed E-state index contributed by atoms with van der Waals surface area (Å²) in [6, 6.07) is 14.0. The van der Waals surface area contributed by atoms with Crippen molar-refractivity contribution < 1.29 is 0 Å². The predicted molar refractivity (Wildman–Crippen MR) is 109 cm³/mol. The third-order valence-electron chi connectivity index (χ3n) is 4.01. The number of benzene rings is 2. The van der Waals surface area contributed by atoms with Crippen LogP contribution in [0.25, 0.3) is 5.69 Å². The Balaban J connectivity index is 1.65. The van der Waals surface area contributed by atoms with Crippen LogP contribution < -0.4 is 10.7 Å². The number of para-hydroxylation sites is 1. The molecule has 0 saturated carbocycles. The van der Waals surface area contributed by atoms with Gasteiger partial charge in [-0.3, -0.25) is 5.43 Å². The van der Waals surface area contributed by atoms with Crippen LogP contribution in [0.15, 0.2) is 60.2 Å². The van der Waals surface area contributed by atoms with Gasteiger partial charge in [0.05, 0.1) is 11.4 Å². The van der Waals surface area contributed by atoms with E-state index in [0.29, 0.717) is 5.11 Å². The second-order valence-corrected chi connectivity index (χ2v) is 6.33. The molecule has 3 aromatic rings. The number of hydrazone groups is 1. The Morgan fingerprint density at radius 3 is 2.38 bits per heavy atom. The smallest absolute Gasteiger partial charge is 0.191 e. The third-order valence-corrected chi connectivity index (χ3v) is 4.21. The van der Waals surface area contributed by atoms with E-state index in [9.17, 15) is 0 Å². The Labute approximate surface area is 158 Å². The highest BCUT2D eigenvalue weighted by molar-refractivity contribution is 7.80. The molecule has 1 heterocycles. The monoisotopic (exact) mass is 364 g/mol. The van der Waals surface area contributed by atoms with Gasteiger partial charge in [0.2, 0.25) is 0 Å². The van der Waals surface area contributed by atoms with E-state index >= 15 is 0 Å². The fourth-order valence-electron chi connectivity index (χ4n) is 2.55. The summed E-state index contributed by atoms with van der Waals surface area (Å²) in [7, 11) is 0. The van der Waals surface area contributed by atoms with E-state index in [-0.39, 0.29) is 0 Å². The van der Waals surface area contributed by atoms with Crippen molar-refractivity contribution in [3.63, 3.8) is 0 Å². The number of aromatic nitrogens is 3. The summed E-state index contributed by atoms with van der Waals surface area (Å²) in [6.07, 6.45) is 3.17. The van der Waals surface area contributed by atoms with Crippen LogP contribution in [0.4, 0.5) is 5.69 Å². The van der Waals surface area contributed by atoms with E-state index in [2.05, 4.69) is 25.9 Å². The molecule has 0 atom stereocenters. The molecule has 0 bridgehead atoms. The van der Waals surface area contributed by atoms with Crippen molar-refractivity contribution in [2.45, 2.75) is 20.8 Å². The van der Waals surface area contributed by atoms with Crippen molar-refractivity contribution in [3.8, 4) is 5.69 Å². The SMILES string of the molecule is C/C(=N\NC(=S)Nc1c(C)cccc1C)c1ccc(-n2cncn2)cc1. The van der Waals surface area contributed by atoms with Crippen molar-refractivity contribution in [2.24, 2.45) is 5.10 Å². The van der Waals surface area contributed by atoms with Crippen LogP contribution in [0.3, 0.4) is 0 Å². The van der Waals surface area contributed by atoms with Crippen LogP contribution in [-0.4, -0.2) is 25.6 Å². The Morgan fingerprint density at radius 1 is 1.08 bits per heavy atom. The minimum atomic E-state index is 0.459. The Morgan fingerprint density at radius 2 is 1.77 bits per heavy atom. The minimum Gasteiger partial charge on any atom is -0.331 e. The highest BCUT2D eigenvalue weighted by atomic mass is 32.1. The first-order valence-electron chi connectivity index (χ1n) is 8.17. The van der Waals surface area contributed by atoms with Crippen LogP contribution in [0.5, 0.6) is 0 Å². The molecule has 132 valence electrons. The maximum absolute atomic E-state index is 5.35. The second-order valence-electron chi connectivity index (χ2n) is 5.92. The normalized spacial score (nSPS) is 11.3. The fraction of sp³-hybridized carbons (Fsp3) is 0.158. The lowest BCUT2D eigenvalue weighted by atomic mass is 10.1. The molecule has 0 fully saturated rings. The summed E-state index contributed by atoms with van der Waals surface area (Å²) >= 11 is 5.35. The number of nitrogens with zero attached hydrogens (tertiary/aromatic N) is 4.